The molecule has 0 aromatic heterocycles. The van der Waals surface area contributed by atoms with E-state index >= 15 is 0 Å². The van der Waals surface area contributed by atoms with Crippen LogP contribution >= 0.6 is 0 Å². The molecular formula is C17H17NO4. The number of carboxylic acid groups (broad SMARTS) is 1. The summed E-state index contributed by atoms with van der Waals surface area (Å²) >= 11 is 0. The van der Waals surface area contributed by atoms with Crippen LogP contribution in [0.25, 0.3) is 0 Å². The fourth-order valence-electron chi connectivity index (χ4n) is 3.96. The summed E-state index contributed by atoms with van der Waals surface area (Å²) in [6.07, 6.45) is 3.48. The van der Waals surface area contributed by atoms with E-state index in [2.05, 4.69) is 0 Å². The van der Waals surface area contributed by atoms with E-state index in [0.29, 0.717) is 0 Å². The number of carboxylic acids is 1. The zero-order valence-corrected chi connectivity index (χ0v) is 12.2. The smallest absolute Gasteiger partial charge is 0.310 e. The average molecular weight is 299 g/mol. The minimum Gasteiger partial charge on any atom is -0.481 e. The Morgan fingerprint density at radius 3 is 2.59 bits per heavy atom. The molecule has 5 heteroatoms. The number of para-hydroxylation sites is 1. The lowest BCUT2D eigenvalue weighted by Crippen LogP contribution is -2.47. The number of anilines is 1. The Bertz CT molecular complexity index is 683. The predicted octanol–water partition coefficient (Wildman–Crippen LogP) is 1.62. The molecule has 3 aliphatic heterocycles. The average Bonchev–Trinajstić information content (AvgIpc) is 3.17. The Kier molecular flexibility index (Phi) is 2.87. The lowest BCUT2D eigenvalue weighted by molar-refractivity contribution is -0.146. The molecule has 1 saturated heterocycles. The zero-order chi connectivity index (χ0) is 15.4. The van der Waals surface area contributed by atoms with Crippen LogP contribution in [0.2, 0.25) is 0 Å². The van der Waals surface area contributed by atoms with Crippen molar-refractivity contribution in [2.75, 3.05) is 4.90 Å². The number of fused-ring (bicyclic) bond motifs is 3. The fourth-order valence-corrected chi connectivity index (χ4v) is 3.96. The quantitative estimate of drug-likeness (QED) is 0.843. The largest absolute Gasteiger partial charge is 0.481 e. The van der Waals surface area contributed by atoms with Gasteiger partial charge in [-0.1, -0.05) is 30.4 Å². The molecule has 1 N–H and O–H groups in total. The van der Waals surface area contributed by atoms with E-state index in [1.165, 1.54) is 0 Å². The number of benzene rings is 1. The molecule has 0 spiro atoms. The van der Waals surface area contributed by atoms with E-state index in [0.717, 1.165) is 17.7 Å². The molecule has 0 radical (unpaired) electrons. The zero-order valence-electron chi connectivity index (χ0n) is 12.2. The second-order valence-corrected chi connectivity index (χ2v) is 6.23. The number of rotatable bonds is 2. The normalized spacial score (nSPS) is 35.0. The second-order valence-electron chi connectivity index (χ2n) is 6.23. The van der Waals surface area contributed by atoms with Gasteiger partial charge in [0.05, 0.1) is 18.1 Å². The maximum atomic E-state index is 13.1. The SMILES string of the molecule is CC1Cc2ccccc2N1C(=O)C1C2C=CC(O2)C1C(=O)O. The van der Waals surface area contributed by atoms with Crippen LogP contribution in [-0.2, 0) is 20.7 Å². The summed E-state index contributed by atoms with van der Waals surface area (Å²) in [5.41, 5.74) is 2.03. The van der Waals surface area contributed by atoms with Gasteiger partial charge in [-0.25, -0.2) is 0 Å². The summed E-state index contributed by atoms with van der Waals surface area (Å²) in [6, 6.07) is 7.86. The number of carbonyl (C=O) groups excluding carboxylic acids is 1. The minimum atomic E-state index is -0.963. The van der Waals surface area contributed by atoms with Crippen molar-refractivity contribution >= 4 is 17.6 Å². The van der Waals surface area contributed by atoms with Gasteiger partial charge in [0.2, 0.25) is 5.91 Å². The van der Waals surface area contributed by atoms with E-state index in [-0.39, 0.29) is 11.9 Å². The van der Waals surface area contributed by atoms with Crippen molar-refractivity contribution in [3.63, 3.8) is 0 Å². The molecule has 2 bridgehead atoms. The minimum absolute atomic E-state index is 0.0439. The Morgan fingerprint density at radius 1 is 1.18 bits per heavy atom. The van der Waals surface area contributed by atoms with E-state index in [1.807, 2.05) is 37.3 Å². The van der Waals surface area contributed by atoms with Crippen LogP contribution in [0.3, 0.4) is 0 Å². The fraction of sp³-hybridized carbons (Fsp3) is 0.412. The van der Waals surface area contributed by atoms with Crippen LogP contribution in [-0.4, -0.2) is 35.2 Å². The molecule has 4 rings (SSSR count). The third-order valence-corrected chi connectivity index (χ3v) is 4.91. The third-order valence-electron chi connectivity index (χ3n) is 4.91. The van der Waals surface area contributed by atoms with Crippen LogP contribution < -0.4 is 4.90 Å². The van der Waals surface area contributed by atoms with Gasteiger partial charge in [0.15, 0.2) is 0 Å². The maximum Gasteiger partial charge on any atom is 0.310 e. The first-order valence-corrected chi connectivity index (χ1v) is 7.55. The summed E-state index contributed by atoms with van der Waals surface area (Å²) in [7, 11) is 0. The lowest BCUT2D eigenvalue weighted by atomic mass is 9.82. The van der Waals surface area contributed by atoms with Crippen LogP contribution in [0.15, 0.2) is 36.4 Å². The highest BCUT2D eigenvalue weighted by Gasteiger charge is 2.55. The number of hydrogen-bond donors (Lipinski definition) is 1. The third kappa shape index (κ3) is 1.75. The molecule has 1 aromatic rings. The van der Waals surface area contributed by atoms with Gasteiger partial charge in [0, 0.05) is 11.7 Å². The standard InChI is InChI=1S/C17H17NO4/c1-9-8-10-4-2-3-5-11(10)18(9)16(19)14-12-6-7-13(22-12)15(14)17(20)21/h2-7,9,12-15H,8H2,1H3,(H,20,21). The van der Waals surface area contributed by atoms with Gasteiger partial charge in [0.1, 0.15) is 5.92 Å². The summed E-state index contributed by atoms with van der Waals surface area (Å²) in [5.74, 6) is -2.53. The molecule has 5 atom stereocenters. The van der Waals surface area contributed by atoms with Crippen LogP contribution in [0, 0.1) is 11.8 Å². The molecule has 114 valence electrons. The highest BCUT2D eigenvalue weighted by Crippen LogP contribution is 2.43. The molecule has 0 saturated carbocycles. The molecule has 1 amide bonds. The molecule has 3 heterocycles. The topological polar surface area (TPSA) is 66.8 Å². The Morgan fingerprint density at radius 2 is 1.86 bits per heavy atom. The van der Waals surface area contributed by atoms with Crippen molar-refractivity contribution in [2.24, 2.45) is 11.8 Å². The van der Waals surface area contributed by atoms with Crippen molar-refractivity contribution < 1.29 is 19.4 Å². The predicted molar refractivity (Wildman–Crippen MR) is 79.5 cm³/mol. The van der Waals surface area contributed by atoms with Crippen LogP contribution in [0.5, 0.6) is 0 Å². The van der Waals surface area contributed by atoms with E-state index in [9.17, 15) is 14.7 Å². The van der Waals surface area contributed by atoms with Crippen LogP contribution in [0.1, 0.15) is 12.5 Å². The van der Waals surface area contributed by atoms with Crippen molar-refractivity contribution in [3.8, 4) is 0 Å². The van der Waals surface area contributed by atoms with E-state index < -0.39 is 30.0 Å². The second kappa shape index (κ2) is 4.68. The maximum absolute atomic E-state index is 13.1. The van der Waals surface area contributed by atoms with Gasteiger partial charge in [-0.3, -0.25) is 9.59 Å². The van der Waals surface area contributed by atoms with Gasteiger partial charge in [-0.15, -0.1) is 0 Å². The number of amides is 1. The Labute approximate surface area is 128 Å². The summed E-state index contributed by atoms with van der Waals surface area (Å²) in [6.45, 7) is 2.00. The van der Waals surface area contributed by atoms with Crippen LogP contribution in [0.4, 0.5) is 5.69 Å². The molecule has 5 nitrogen and oxygen atoms in total. The Balaban J connectivity index is 1.70. The molecule has 1 aromatic carbocycles. The van der Waals surface area contributed by atoms with Gasteiger partial charge >= 0.3 is 5.97 Å². The highest BCUT2D eigenvalue weighted by molar-refractivity contribution is 6.00. The molecule has 22 heavy (non-hydrogen) atoms. The number of ether oxygens (including phenoxy) is 1. The van der Waals surface area contributed by atoms with Gasteiger partial charge in [-0.05, 0) is 25.0 Å². The Hall–Kier alpha value is -2.14. The molecule has 0 aliphatic carbocycles. The molecule has 1 fully saturated rings. The van der Waals surface area contributed by atoms with E-state index in [1.54, 1.807) is 11.0 Å². The van der Waals surface area contributed by atoms with Gasteiger partial charge < -0.3 is 14.7 Å². The summed E-state index contributed by atoms with van der Waals surface area (Å²) < 4.78 is 5.62. The van der Waals surface area contributed by atoms with Crippen molar-refractivity contribution in [3.05, 3.63) is 42.0 Å². The number of nitrogens with zero attached hydrogens (tertiary/aromatic N) is 1. The van der Waals surface area contributed by atoms with Crippen molar-refractivity contribution in [1.29, 1.82) is 0 Å². The van der Waals surface area contributed by atoms with Crippen molar-refractivity contribution in [2.45, 2.75) is 31.6 Å². The molecule has 3 aliphatic rings. The van der Waals surface area contributed by atoms with Gasteiger partial charge in [0.25, 0.3) is 0 Å². The molecular weight excluding hydrogens is 282 g/mol. The first kappa shape index (κ1) is 13.5. The first-order chi connectivity index (χ1) is 10.6. The number of carbonyl (C=O) groups is 2. The first-order valence-electron chi connectivity index (χ1n) is 7.55. The highest BCUT2D eigenvalue weighted by atomic mass is 16.5. The summed E-state index contributed by atoms with van der Waals surface area (Å²) in [4.78, 5) is 26.4. The monoisotopic (exact) mass is 299 g/mol. The van der Waals surface area contributed by atoms with E-state index in [4.69, 9.17) is 4.74 Å². The lowest BCUT2D eigenvalue weighted by Gasteiger charge is -2.29. The van der Waals surface area contributed by atoms with Gasteiger partial charge in [-0.2, -0.15) is 0 Å². The number of hydrogen-bond acceptors (Lipinski definition) is 3. The van der Waals surface area contributed by atoms with Crippen molar-refractivity contribution in [1.82, 2.24) is 0 Å². The number of aliphatic carboxylic acids is 1. The molecule has 5 unspecified atom stereocenters. The summed E-state index contributed by atoms with van der Waals surface area (Å²) in [5, 5.41) is 9.47.